The summed E-state index contributed by atoms with van der Waals surface area (Å²) in [4.78, 5) is 22.6. The van der Waals surface area contributed by atoms with E-state index in [0.717, 1.165) is 25.3 Å². The number of hydrogen-bond donors (Lipinski definition) is 3. The quantitative estimate of drug-likeness (QED) is 0.656. The van der Waals surface area contributed by atoms with Crippen molar-refractivity contribution in [3.63, 3.8) is 0 Å². The molecule has 0 heterocycles. The largest absolute Gasteiger partial charge is 0.481 e. The molecule has 3 rings (SSSR count). The third-order valence-corrected chi connectivity index (χ3v) is 4.84. The van der Waals surface area contributed by atoms with Crippen LogP contribution in [0.15, 0.2) is 0 Å². The molecule has 1 unspecified atom stereocenters. The second-order valence-corrected chi connectivity index (χ2v) is 6.51. The molecular formula is C14H22N2O3. The lowest BCUT2D eigenvalue weighted by atomic mass is 10.0. The van der Waals surface area contributed by atoms with Crippen LogP contribution in [-0.4, -0.2) is 29.7 Å². The molecule has 3 fully saturated rings. The van der Waals surface area contributed by atoms with Gasteiger partial charge in [-0.25, -0.2) is 4.79 Å². The second kappa shape index (κ2) is 4.69. The van der Waals surface area contributed by atoms with Gasteiger partial charge in [0.25, 0.3) is 0 Å². The van der Waals surface area contributed by atoms with Gasteiger partial charge in [0.1, 0.15) is 0 Å². The molecule has 0 aromatic heterocycles. The van der Waals surface area contributed by atoms with Crippen LogP contribution in [0.4, 0.5) is 4.79 Å². The standard InChI is InChI=1S/C14H22N2O3/c17-12(18)7-11(9-1-2-9)16-13(19)15-8-14(5-6-14)10-3-4-10/h9-11H,1-8H2,(H,17,18)(H2,15,16,19). The monoisotopic (exact) mass is 266 g/mol. The van der Waals surface area contributed by atoms with Crippen LogP contribution in [0, 0.1) is 17.3 Å². The molecule has 2 amide bonds. The number of aliphatic carboxylic acids is 1. The van der Waals surface area contributed by atoms with Crippen molar-refractivity contribution in [1.82, 2.24) is 10.6 Å². The molecule has 0 saturated heterocycles. The summed E-state index contributed by atoms with van der Waals surface area (Å²) in [5.74, 6) is 0.347. The smallest absolute Gasteiger partial charge is 0.315 e. The van der Waals surface area contributed by atoms with Crippen LogP contribution in [0.2, 0.25) is 0 Å². The van der Waals surface area contributed by atoms with E-state index in [4.69, 9.17) is 5.11 Å². The van der Waals surface area contributed by atoms with E-state index in [-0.39, 0.29) is 18.5 Å². The highest BCUT2D eigenvalue weighted by Gasteiger charge is 2.53. The van der Waals surface area contributed by atoms with E-state index in [1.807, 2.05) is 0 Å². The first-order chi connectivity index (χ1) is 9.09. The lowest BCUT2D eigenvalue weighted by Gasteiger charge is -2.19. The molecule has 0 aromatic carbocycles. The van der Waals surface area contributed by atoms with Crippen LogP contribution in [0.25, 0.3) is 0 Å². The van der Waals surface area contributed by atoms with E-state index in [9.17, 15) is 9.59 Å². The van der Waals surface area contributed by atoms with Gasteiger partial charge in [0.05, 0.1) is 6.42 Å². The van der Waals surface area contributed by atoms with Crippen molar-refractivity contribution in [2.45, 2.75) is 51.0 Å². The van der Waals surface area contributed by atoms with E-state index >= 15 is 0 Å². The zero-order chi connectivity index (χ0) is 13.5. The summed E-state index contributed by atoms with van der Waals surface area (Å²) < 4.78 is 0. The Bertz CT molecular complexity index is 384. The molecule has 5 nitrogen and oxygen atoms in total. The zero-order valence-electron chi connectivity index (χ0n) is 11.2. The molecule has 19 heavy (non-hydrogen) atoms. The number of carboxylic acids is 1. The minimum absolute atomic E-state index is 0.0336. The topological polar surface area (TPSA) is 78.4 Å². The second-order valence-electron chi connectivity index (χ2n) is 6.51. The van der Waals surface area contributed by atoms with Gasteiger partial charge in [-0.1, -0.05) is 0 Å². The van der Waals surface area contributed by atoms with Crippen LogP contribution >= 0.6 is 0 Å². The Kier molecular flexibility index (Phi) is 3.15. The maximum Gasteiger partial charge on any atom is 0.315 e. The Morgan fingerprint density at radius 3 is 2.37 bits per heavy atom. The van der Waals surface area contributed by atoms with E-state index in [1.54, 1.807) is 0 Å². The summed E-state index contributed by atoms with van der Waals surface area (Å²) in [5.41, 5.74) is 0.388. The number of urea groups is 1. The SMILES string of the molecule is O=C(O)CC(NC(=O)NCC1(C2CC2)CC1)C1CC1. The molecule has 1 atom stereocenters. The van der Waals surface area contributed by atoms with Gasteiger partial charge in [0, 0.05) is 12.6 Å². The first-order valence-corrected chi connectivity index (χ1v) is 7.35. The average molecular weight is 266 g/mol. The van der Waals surface area contributed by atoms with Gasteiger partial charge in [-0.3, -0.25) is 4.79 Å². The number of rotatable bonds is 7. The van der Waals surface area contributed by atoms with Crippen LogP contribution in [-0.2, 0) is 4.79 Å². The third-order valence-electron chi connectivity index (χ3n) is 4.84. The van der Waals surface area contributed by atoms with Crippen molar-refractivity contribution in [3.05, 3.63) is 0 Å². The Labute approximate surface area is 113 Å². The molecule has 0 aromatic rings. The number of carboxylic acid groups (broad SMARTS) is 1. The van der Waals surface area contributed by atoms with Crippen molar-refractivity contribution in [2.75, 3.05) is 6.54 Å². The minimum atomic E-state index is -0.839. The maximum absolute atomic E-state index is 11.9. The molecule has 5 heteroatoms. The first-order valence-electron chi connectivity index (χ1n) is 7.35. The highest BCUT2D eigenvalue weighted by molar-refractivity contribution is 5.76. The fourth-order valence-electron chi connectivity index (χ4n) is 3.08. The van der Waals surface area contributed by atoms with Gasteiger partial charge < -0.3 is 15.7 Å². The van der Waals surface area contributed by atoms with E-state index in [1.165, 1.54) is 25.7 Å². The molecule has 106 valence electrons. The van der Waals surface area contributed by atoms with E-state index in [2.05, 4.69) is 10.6 Å². The summed E-state index contributed by atoms with van der Waals surface area (Å²) in [7, 11) is 0. The number of carbonyl (C=O) groups is 2. The Morgan fingerprint density at radius 1 is 1.21 bits per heavy atom. The van der Waals surface area contributed by atoms with Gasteiger partial charge in [-0.15, -0.1) is 0 Å². The Morgan fingerprint density at radius 2 is 1.89 bits per heavy atom. The minimum Gasteiger partial charge on any atom is -0.481 e. The van der Waals surface area contributed by atoms with Crippen LogP contribution < -0.4 is 10.6 Å². The normalized spacial score (nSPS) is 25.5. The summed E-state index contributed by atoms with van der Waals surface area (Å²) in [5, 5.41) is 14.6. The number of hydrogen-bond acceptors (Lipinski definition) is 2. The van der Waals surface area contributed by atoms with Crippen molar-refractivity contribution < 1.29 is 14.7 Å². The van der Waals surface area contributed by atoms with Crippen molar-refractivity contribution in [3.8, 4) is 0 Å². The van der Waals surface area contributed by atoms with Crippen LogP contribution in [0.1, 0.15) is 44.9 Å². The molecule has 3 aliphatic carbocycles. The first kappa shape index (κ1) is 12.8. The molecule has 0 spiro atoms. The molecule has 0 aliphatic heterocycles. The lowest BCUT2D eigenvalue weighted by molar-refractivity contribution is -0.137. The van der Waals surface area contributed by atoms with Gasteiger partial charge >= 0.3 is 12.0 Å². The highest BCUT2D eigenvalue weighted by Crippen LogP contribution is 2.60. The predicted octanol–water partition coefficient (Wildman–Crippen LogP) is 1.73. The lowest BCUT2D eigenvalue weighted by Crippen LogP contribution is -2.45. The zero-order valence-corrected chi connectivity index (χ0v) is 11.2. The van der Waals surface area contributed by atoms with Crippen molar-refractivity contribution in [1.29, 1.82) is 0 Å². The molecular weight excluding hydrogens is 244 g/mol. The number of nitrogens with one attached hydrogen (secondary N) is 2. The molecule has 3 saturated carbocycles. The van der Waals surface area contributed by atoms with Gasteiger partial charge in [-0.2, -0.15) is 0 Å². The molecule has 0 bridgehead atoms. The fraction of sp³-hybridized carbons (Fsp3) is 0.857. The average Bonchev–Trinajstić information content (AvgIpc) is 3.24. The molecule has 3 N–H and O–H groups in total. The van der Waals surface area contributed by atoms with E-state index in [0.29, 0.717) is 11.3 Å². The number of amides is 2. The van der Waals surface area contributed by atoms with Gasteiger partial charge in [-0.05, 0) is 55.8 Å². The third kappa shape index (κ3) is 3.19. The number of carbonyl (C=O) groups excluding carboxylic acids is 1. The fourth-order valence-corrected chi connectivity index (χ4v) is 3.08. The van der Waals surface area contributed by atoms with Crippen LogP contribution in [0.3, 0.4) is 0 Å². The van der Waals surface area contributed by atoms with Gasteiger partial charge in [0.2, 0.25) is 0 Å². The molecule has 3 aliphatic rings. The summed E-state index contributed by atoms with van der Waals surface area (Å²) in [6, 6.07) is -0.390. The highest BCUT2D eigenvalue weighted by atomic mass is 16.4. The summed E-state index contributed by atoms with van der Waals surface area (Å²) >= 11 is 0. The maximum atomic E-state index is 11.9. The van der Waals surface area contributed by atoms with Crippen molar-refractivity contribution >= 4 is 12.0 Å². The summed E-state index contributed by atoms with van der Waals surface area (Å²) in [6.07, 6.45) is 7.19. The predicted molar refractivity (Wildman–Crippen MR) is 69.7 cm³/mol. The van der Waals surface area contributed by atoms with E-state index < -0.39 is 5.97 Å². The van der Waals surface area contributed by atoms with Gasteiger partial charge in [0.15, 0.2) is 0 Å². The Balaban J connectivity index is 1.43. The Hall–Kier alpha value is -1.26. The van der Waals surface area contributed by atoms with Crippen molar-refractivity contribution in [2.24, 2.45) is 17.3 Å². The van der Waals surface area contributed by atoms with Crippen LogP contribution in [0.5, 0.6) is 0 Å². The summed E-state index contributed by atoms with van der Waals surface area (Å²) in [6.45, 7) is 0.758. The molecule has 0 radical (unpaired) electrons.